The van der Waals surface area contributed by atoms with Crippen molar-refractivity contribution in [3.63, 3.8) is 0 Å². The summed E-state index contributed by atoms with van der Waals surface area (Å²) in [6.07, 6.45) is 0.533. The highest BCUT2D eigenvalue weighted by atomic mass is 16.3. The zero-order chi connectivity index (χ0) is 18.4. The second-order valence-corrected chi connectivity index (χ2v) is 6.92. The molecular formula is C21H23NO3. The Morgan fingerprint density at radius 2 is 1.76 bits per heavy atom. The number of amides is 1. The molecule has 0 saturated heterocycles. The molecule has 1 unspecified atom stereocenters. The maximum absolute atomic E-state index is 12.9. The van der Waals surface area contributed by atoms with Crippen LogP contribution in [0.15, 0.2) is 30.3 Å². The number of carbonyl (C=O) groups is 2. The van der Waals surface area contributed by atoms with Gasteiger partial charge in [-0.25, -0.2) is 0 Å². The highest BCUT2D eigenvalue weighted by Gasteiger charge is 2.47. The lowest BCUT2D eigenvalue weighted by atomic mass is 9.85. The molecule has 1 heterocycles. The molecule has 0 radical (unpaired) electrons. The van der Waals surface area contributed by atoms with Gasteiger partial charge in [0.2, 0.25) is 0 Å². The lowest BCUT2D eigenvalue weighted by Gasteiger charge is -2.21. The van der Waals surface area contributed by atoms with Crippen molar-refractivity contribution in [3.05, 3.63) is 63.7 Å². The maximum atomic E-state index is 12.9. The van der Waals surface area contributed by atoms with Crippen LogP contribution in [0.1, 0.15) is 51.5 Å². The van der Waals surface area contributed by atoms with Crippen LogP contribution in [0, 0.1) is 20.8 Å². The number of benzene rings is 2. The van der Waals surface area contributed by atoms with Gasteiger partial charge in [0.1, 0.15) is 0 Å². The minimum Gasteiger partial charge on any atom is -0.375 e. The van der Waals surface area contributed by atoms with Gasteiger partial charge in [0, 0.05) is 16.8 Å². The molecule has 0 aliphatic carbocycles. The zero-order valence-corrected chi connectivity index (χ0v) is 15.1. The van der Waals surface area contributed by atoms with E-state index in [1.807, 2.05) is 52.0 Å². The third-order valence-electron chi connectivity index (χ3n) is 4.93. The Labute approximate surface area is 147 Å². The minimum atomic E-state index is -1.82. The van der Waals surface area contributed by atoms with Gasteiger partial charge < -0.3 is 10.4 Å². The van der Waals surface area contributed by atoms with Crippen LogP contribution in [0.2, 0.25) is 0 Å². The van der Waals surface area contributed by atoms with E-state index < -0.39 is 11.5 Å². The predicted molar refractivity (Wildman–Crippen MR) is 97.9 cm³/mol. The van der Waals surface area contributed by atoms with Gasteiger partial charge in [-0.3, -0.25) is 9.59 Å². The smallest absolute Gasteiger partial charge is 0.261 e. The fraction of sp³-hybridized carbons (Fsp3) is 0.333. The Morgan fingerprint density at radius 3 is 2.36 bits per heavy atom. The Morgan fingerprint density at radius 1 is 1.12 bits per heavy atom. The molecule has 2 aromatic carbocycles. The van der Waals surface area contributed by atoms with E-state index in [0.29, 0.717) is 16.8 Å². The first-order valence-corrected chi connectivity index (χ1v) is 8.54. The molecule has 0 aromatic heterocycles. The first-order chi connectivity index (χ1) is 11.8. The number of hydrogen-bond acceptors (Lipinski definition) is 3. The number of nitrogens with one attached hydrogen (secondary N) is 1. The number of Topliss-reactive ketones (excluding diaryl/α,β-unsaturated/α-hetero) is 1. The van der Waals surface area contributed by atoms with Crippen LogP contribution in [0.3, 0.4) is 0 Å². The van der Waals surface area contributed by atoms with E-state index in [1.54, 1.807) is 6.07 Å². The molecule has 0 bridgehead atoms. The zero-order valence-electron chi connectivity index (χ0n) is 15.1. The summed E-state index contributed by atoms with van der Waals surface area (Å²) in [5.41, 5.74) is 3.68. The summed E-state index contributed by atoms with van der Waals surface area (Å²) in [6.45, 7) is 7.76. The largest absolute Gasteiger partial charge is 0.375 e. The van der Waals surface area contributed by atoms with Crippen molar-refractivity contribution in [2.24, 2.45) is 0 Å². The van der Waals surface area contributed by atoms with Crippen LogP contribution in [0.25, 0.3) is 0 Å². The highest BCUT2D eigenvalue weighted by molar-refractivity contribution is 6.10. The maximum Gasteiger partial charge on any atom is 0.261 e. The number of anilines is 1. The van der Waals surface area contributed by atoms with Crippen molar-refractivity contribution < 1.29 is 14.7 Å². The van der Waals surface area contributed by atoms with Crippen LogP contribution in [0.4, 0.5) is 5.69 Å². The topological polar surface area (TPSA) is 66.4 Å². The summed E-state index contributed by atoms with van der Waals surface area (Å²) < 4.78 is 0. The quantitative estimate of drug-likeness (QED) is 0.838. The molecule has 4 nitrogen and oxygen atoms in total. The highest BCUT2D eigenvalue weighted by Crippen LogP contribution is 2.40. The minimum absolute atomic E-state index is 0.220. The van der Waals surface area contributed by atoms with Crippen molar-refractivity contribution >= 4 is 17.4 Å². The van der Waals surface area contributed by atoms with Gasteiger partial charge >= 0.3 is 0 Å². The van der Waals surface area contributed by atoms with Crippen LogP contribution in [-0.4, -0.2) is 16.8 Å². The van der Waals surface area contributed by atoms with Crippen molar-refractivity contribution in [1.29, 1.82) is 0 Å². The number of ketones is 1. The monoisotopic (exact) mass is 337 g/mol. The fourth-order valence-corrected chi connectivity index (χ4v) is 3.73. The first kappa shape index (κ1) is 17.4. The summed E-state index contributed by atoms with van der Waals surface area (Å²) in [4.78, 5) is 25.4. The number of aliphatic hydroxyl groups is 1. The Balaban J connectivity index is 2.01. The van der Waals surface area contributed by atoms with Gasteiger partial charge in [-0.1, -0.05) is 36.8 Å². The summed E-state index contributed by atoms with van der Waals surface area (Å²) >= 11 is 0. The number of aryl methyl sites for hydroxylation is 4. The van der Waals surface area contributed by atoms with Crippen molar-refractivity contribution in [3.8, 4) is 0 Å². The molecule has 4 heteroatoms. The Bertz CT molecular complexity index is 862. The Kier molecular flexibility index (Phi) is 4.25. The number of rotatable bonds is 4. The SMILES string of the molecule is CCc1ccc2c(c1)C(O)(CC(=O)c1c(C)cc(C)cc1C)C(=O)N2. The summed E-state index contributed by atoms with van der Waals surface area (Å²) in [5, 5.41) is 13.8. The summed E-state index contributed by atoms with van der Waals surface area (Å²) in [7, 11) is 0. The molecule has 0 saturated carbocycles. The van der Waals surface area contributed by atoms with Gasteiger partial charge in [-0.15, -0.1) is 0 Å². The second-order valence-electron chi connectivity index (χ2n) is 6.92. The summed E-state index contributed by atoms with van der Waals surface area (Å²) in [5.74, 6) is -0.756. The molecule has 0 spiro atoms. The second kappa shape index (κ2) is 6.12. The number of fused-ring (bicyclic) bond motifs is 1. The normalized spacial score (nSPS) is 18.8. The first-order valence-electron chi connectivity index (χ1n) is 8.54. The molecule has 130 valence electrons. The van der Waals surface area contributed by atoms with E-state index in [0.717, 1.165) is 28.7 Å². The van der Waals surface area contributed by atoms with Crippen LogP contribution in [-0.2, 0) is 16.8 Å². The van der Waals surface area contributed by atoms with Crippen molar-refractivity contribution in [2.45, 2.75) is 46.1 Å². The van der Waals surface area contributed by atoms with Gasteiger partial charge in [0.25, 0.3) is 5.91 Å². The standard InChI is InChI=1S/C21H23NO3/c1-5-15-6-7-17-16(10-15)21(25,20(24)22-17)11-18(23)19-13(3)8-12(2)9-14(19)4/h6-10,25H,5,11H2,1-4H3,(H,22,24). The summed E-state index contributed by atoms with van der Waals surface area (Å²) in [6, 6.07) is 9.41. The molecule has 1 amide bonds. The van der Waals surface area contributed by atoms with Crippen molar-refractivity contribution in [2.75, 3.05) is 5.32 Å². The van der Waals surface area contributed by atoms with E-state index >= 15 is 0 Å². The average molecular weight is 337 g/mol. The average Bonchev–Trinajstić information content (AvgIpc) is 2.77. The molecule has 25 heavy (non-hydrogen) atoms. The third-order valence-corrected chi connectivity index (χ3v) is 4.93. The van der Waals surface area contributed by atoms with Crippen LogP contribution < -0.4 is 5.32 Å². The van der Waals surface area contributed by atoms with E-state index in [9.17, 15) is 14.7 Å². The fourth-order valence-electron chi connectivity index (χ4n) is 3.73. The predicted octanol–water partition coefficient (Wildman–Crippen LogP) is 3.59. The van der Waals surface area contributed by atoms with E-state index in [2.05, 4.69) is 5.32 Å². The molecular weight excluding hydrogens is 314 g/mol. The molecule has 1 aliphatic heterocycles. The molecule has 1 aliphatic rings. The van der Waals surface area contributed by atoms with E-state index in [4.69, 9.17) is 0 Å². The van der Waals surface area contributed by atoms with Gasteiger partial charge in [-0.05, 0) is 49.9 Å². The Hall–Kier alpha value is -2.46. The van der Waals surface area contributed by atoms with E-state index in [-0.39, 0.29) is 12.2 Å². The van der Waals surface area contributed by atoms with E-state index in [1.165, 1.54) is 0 Å². The molecule has 2 N–H and O–H groups in total. The number of carbonyl (C=O) groups excluding carboxylic acids is 2. The third kappa shape index (κ3) is 2.87. The van der Waals surface area contributed by atoms with Gasteiger partial charge in [0.15, 0.2) is 11.4 Å². The van der Waals surface area contributed by atoms with Crippen molar-refractivity contribution in [1.82, 2.24) is 0 Å². The van der Waals surface area contributed by atoms with Crippen LogP contribution in [0.5, 0.6) is 0 Å². The molecule has 3 rings (SSSR count). The van der Waals surface area contributed by atoms with Crippen LogP contribution >= 0.6 is 0 Å². The lowest BCUT2D eigenvalue weighted by molar-refractivity contribution is -0.133. The molecule has 2 aromatic rings. The lowest BCUT2D eigenvalue weighted by Crippen LogP contribution is -2.36. The number of hydrogen-bond donors (Lipinski definition) is 2. The van der Waals surface area contributed by atoms with Gasteiger partial charge in [0.05, 0.1) is 6.42 Å². The molecule has 0 fully saturated rings. The molecule has 1 atom stereocenters. The van der Waals surface area contributed by atoms with Gasteiger partial charge in [-0.2, -0.15) is 0 Å².